The highest BCUT2D eigenvalue weighted by molar-refractivity contribution is 5.89. The number of unbranched alkanes of at least 4 members (excludes halogenated alkanes) is 8. The van der Waals surface area contributed by atoms with Gasteiger partial charge in [-0.05, 0) is 18.6 Å². The van der Waals surface area contributed by atoms with E-state index in [4.69, 9.17) is 4.74 Å². The van der Waals surface area contributed by atoms with Crippen LogP contribution in [0.25, 0.3) is 0 Å². The monoisotopic (exact) mass is 276 g/mol. The van der Waals surface area contributed by atoms with E-state index >= 15 is 0 Å². The number of hydrogen-bond acceptors (Lipinski definition) is 2. The van der Waals surface area contributed by atoms with Crippen molar-refractivity contribution in [3.63, 3.8) is 0 Å². The van der Waals surface area contributed by atoms with Gasteiger partial charge in [0.2, 0.25) is 0 Å². The summed E-state index contributed by atoms with van der Waals surface area (Å²) in [7, 11) is 0. The van der Waals surface area contributed by atoms with Gasteiger partial charge >= 0.3 is 5.97 Å². The number of esters is 1. The molecular weight excluding hydrogens is 248 g/mol. The van der Waals surface area contributed by atoms with E-state index in [0.29, 0.717) is 12.2 Å². The van der Waals surface area contributed by atoms with Crippen molar-refractivity contribution in [2.45, 2.75) is 64.7 Å². The first-order chi connectivity index (χ1) is 9.84. The maximum atomic E-state index is 11.7. The van der Waals surface area contributed by atoms with Gasteiger partial charge in [-0.2, -0.15) is 0 Å². The normalized spacial score (nSPS) is 10.4. The van der Waals surface area contributed by atoms with E-state index in [1.807, 2.05) is 18.2 Å². The Morgan fingerprint density at radius 2 is 1.40 bits per heavy atom. The van der Waals surface area contributed by atoms with Crippen LogP contribution in [0.4, 0.5) is 0 Å². The average molecular weight is 276 g/mol. The number of ether oxygens (including phenoxy) is 1. The summed E-state index contributed by atoms with van der Waals surface area (Å²) in [6.45, 7) is 2.79. The summed E-state index contributed by atoms with van der Waals surface area (Å²) >= 11 is 0. The van der Waals surface area contributed by atoms with Crippen LogP contribution in [0.5, 0.6) is 0 Å². The minimum Gasteiger partial charge on any atom is -0.462 e. The molecule has 0 aromatic heterocycles. The van der Waals surface area contributed by atoms with Crippen molar-refractivity contribution in [3.8, 4) is 0 Å². The summed E-state index contributed by atoms with van der Waals surface area (Å²) in [6, 6.07) is 9.19. The molecule has 0 fully saturated rings. The Hall–Kier alpha value is -1.31. The van der Waals surface area contributed by atoms with Crippen LogP contribution in [0, 0.1) is 0 Å². The van der Waals surface area contributed by atoms with Gasteiger partial charge in [0.05, 0.1) is 12.2 Å². The van der Waals surface area contributed by atoms with Gasteiger partial charge in [0.15, 0.2) is 0 Å². The molecule has 0 aliphatic rings. The van der Waals surface area contributed by atoms with E-state index in [0.717, 1.165) is 12.8 Å². The number of carbonyl (C=O) groups is 1. The zero-order valence-electron chi connectivity index (χ0n) is 12.8. The molecule has 0 aliphatic heterocycles. The van der Waals surface area contributed by atoms with Crippen molar-refractivity contribution < 1.29 is 9.53 Å². The Morgan fingerprint density at radius 3 is 2.00 bits per heavy atom. The Labute approximate surface area is 123 Å². The number of rotatable bonds is 11. The second-order valence-electron chi connectivity index (χ2n) is 5.33. The highest BCUT2D eigenvalue weighted by Crippen LogP contribution is 2.10. The van der Waals surface area contributed by atoms with Gasteiger partial charge in [-0.25, -0.2) is 4.79 Å². The third kappa shape index (κ3) is 7.98. The first-order valence-corrected chi connectivity index (χ1v) is 8.06. The van der Waals surface area contributed by atoms with Crippen molar-refractivity contribution in [2.24, 2.45) is 0 Å². The van der Waals surface area contributed by atoms with Gasteiger partial charge in [0, 0.05) is 0 Å². The molecule has 2 heteroatoms. The minimum absolute atomic E-state index is 0.204. The zero-order valence-corrected chi connectivity index (χ0v) is 12.8. The molecule has 20 heavy (non-hydrogen) atoms. The lowest BCUT2D eigenvalue weighted by Gasteiger charge is -2.05. The number of hydrogen-bond donors (Lipinski definition) is 0. The molecule has 1 rings (SSSR count). The van der Waals surface area contributed by atoms with Crippen molar-refractivity contribution in [1.82, 2.24) is 0 Å². The first kappa shape index (κ1) is 16.7. The van der Waals surface area contributed by atoms with Crippen LogP contribution in [0.3, 0.4) is 0 Å². The van der Waals surface area contributed by atoms with Gasteiger partial charge in [-0.1, -0.05) is 76.5 Å². The van der Waals surface area contributed by atoms with Gasteiger partial charge in [-0.3, -0.25) is 0 Å². The third-order valence-corrected chi connectivity index (χ3v) is 3.49. The molecule has 0 spiro atoms. The lowest BCUT2D eigenvalue weighted by molar-refractivity contribution is 0.0497. The summed E-state index contributed by atoms with van der Waals surface area (Å²) in [5.41, 5.74) is 0.642. The fourth-order valence-electron chi connectivity index (χ4n) is 2.24. The standard InChI is InChI=1S/C18H28O2/c1-2-3-4-5-6-7-8-9-13-16-20-18(19)17-14-11-10-12-15-17/h10-12,14-15H,2-9,13,16H2,1H3. The summed E-state index contributed by atoms with van der Waals surface area (Å²) in [5.74, 6) is -0.204. The summed E-state index contributed by atoms with van der Waals surface area (Å²) in [6.07, 6.45) is 11.5. The summed E-state index contributed by atoms with van der Waals surface area (Å²) in [4.78, 5) is 11.7. The fourth-order valence-corrected chi connectivity index (χ4v) is 2.24. The largest absolute Gasteiger partial charge is 0.462 e. The molecule has 2 nitrogen and oxygen atoms in total. The predicted octanol–water partition coefficient (Wildman–Crippen LogP) is 5.37. The first-order valence-electron chi connectivity index (χ1n) is 8.06. The van der Waals surface area contributed by atoms with Gasteiger partial charge in [-0.15, -0.1) is 0 Å². The van der Waals surface area contributed by atoms with Gasteiger partial charge < -0.3 is 4.74 Å². The highest BCUT2D eigenvalue weighted by atomic mass is 16.5. The maximum Gasteiger partial charge on any atom is 0.338 e. The molecular formula is C18H28O2. The Kier molecular flexibility index (Phi) is 9.64. The molecule has 1 aromatic rings. The minimum atomic E-state index is -0.204. The lowest BCUT2D eigenvalue weighted by Crippen LogP contribution is -2.06. The Morgan fingerprint density at radius 1 is 0.850 bits per heavy atom. The smallest absolute Gasteiger partial charge is 0.338 e. The van der Waals surface area contributed by atoms with Crippen LogP contribution in [-0.2, 0) is 4.74 Å². The van der Waals surface area contributed by atoms with Crippen molar-refractivity contribution >= 4 is 5.97 Å². The number of benzene rings is 1. The van der Waals surface area contributed by atoms with Crippen LogP contribution in [-0.4, -0.2) is 12.6 Å². The molecule has 112 valence electrons. The molecule has 0 atom stereocenters. The van der Waals surface area contributed by atoms with E-state index in [1.165, 1.54) is 44.9 Å². The molecule has 0 saturated carbocycles. The van der Waals surface area contributed by atoms with Crippen molar-refractivity contribution in [2.75, 3.05) is 6.61 Å². The second-order valence-corrected chi connectivity index (χ2v) is 5.33. The van der Waals surface area contributed by atoms with E-state index in [1.54, 1.807) is 12.1 Å². The van der Waals surface area contributed by atoms with E-state index in [-0.39, 0.29) is 5.97 Å². The van der Waals surface area contributed by atoms with Crippen LogP contribution in [0.1, 0.15) is 75.1 Å². The van der Waals surface area contributed by atoms with Crippen LogP contribution < -0.4 is 0 Å². The predicted molar refractivity (Wildman–Crippen MR) is 84.0 cm³/mol. The molecule has 0 radical (unpaired) electrons. The maximum absolute atomic E-state index is 11.7. The SMILES string of the molecule is CCCCCCCCCCCOC(=O)c1ccccc1. The topological polar surface area (TPSA) is 26.3 Å². The van der Waals surface area contributed by atoms with E-state index in [2.05, 4.69) is 6.92 Å². The van der Waals surface area contributed by atoms with E-state index < -0.39 is 0 Å². The second kappa shape index (κ2) is 11.5. The van der Waals surface area contributed by atoms with Crippen molar-refractivity contribution in [3.05, 3.63) is 35.9 Å². The molecule has 1 aromatic carbocycles. The molecule has 0 N–H and O–H groups in total. The molecule has 0 amide bonds. The zero-order chi connectivity index (χ0) is 14.5. The van der Waals surface area contributed by atoms with Crippen molar-refractivity contribution in [1.29, 1.82) is 0 Å². The summed E-state index contributed by atoms with van der Waals surface area (Å²) in [5, 5.41) is 0. The Bertz CT molecular complexity index is 346. The lowest BCUT2D eigenvalue weighted by atomic mass is 10.1. The van der Waals surface area contributed by atoms with E-state index in [9.17, 15) is 4.79 Å². The molecule has 0 heterocycles. The van der Waals surface area contributed by atoms with Crippen LogP contribution >= 0.6 is 0 Å². The van der Waals surface area contributed by atoms with Gasteiger partial charge in [0.1, 0.15) is 0 Å². The summed E-state index contributed by atoms with van der Waals surface area (Å²) < 4.78 is 5.25. The quantitative estimate of drug-likeness (QED) is 0.401. The van der Waals surface area contributed by atoms with Crippen LogP contribution in [0.2, 0.25) is 0 Å². The number of carbonyl (C=O) groups excluding carboxylic acids is 1. The average Bonchev–Trinajstić information content (AvgIpc) is 2.50. The highest BCUT2D eigenvalue weighted by Gasteiger charge is 2.04. The third-order valence-electron chi connectivity index (χ3n) is 3.49. The molecule has 0 unspecified atom stereocenters. The fraction of sp³-hybridized carbons (Fsp3) is 0.611. The Balaban J connectivity index is 1.91. The van der Waals surface area contributed by atoms with Gasteiger partial charge in [0.25, 0.3) is 0 Å². The molecule has 0 bridgehead atoms. The van der Waals surface area contributed by atoms with Crippen LogP contribution in [0.15, 0.2) is 30.3 Å². The molecule has 0 saturated heterocycles. The molecule has 0 aliphatic carbocycles.